The van der Waals surface area contributed by atoms with Crippen LogP contribution in [0.1, 0.15) is 19.3 Å². The van der Waals surface area contributed by atoms with E-state index in [0.717, 1.165) is 12.4 Å². The van der Waals surface area contributed by atoms with Crippen molar-refractivity contribution in [2.24, 2.45) is 5.92 Å². The Morgan fingerprint density at radius 1 is 1.59 bits per heavy atom. The van der Waals surface area contributed by atoms with Crippen LogP contribution in [0.2, 0.25) is 0 Å². The van der Waals surface area contributed by atoms with Gasteiger partial charge in [-0.1, -0.05) is 0 Å². The van der Waals surface area contributed by atoms with E-state index in [0.29, 0.717) is 18.9 Å². The minimum atomic E-state index is -0.165. The van der Waals surface area contributed by atoms with Gasteiger partial charge in [0.1, 0.15) is 12.2 Å². The van der Waals surface area contributed by atoms with Crippen molar-refractivity contribution in [3.8, 4) is 12.3 Å². The Morgan fingerprint density at radius 2 is 2.41 bits per heavy atom. The molecule has 2 bridgehead atoms. The largest absolute Gasteiger partial charge is 0.477 e. The van der Waals surface area contributed by atoms with E-state index in [1.165, 1.54) is 25.9 Å². The SMILES string of the molecule is C#CCCOC1=CC2(CN3CCC2CC3)ON1. The molecule has 4 heterocycles. The van der Waals surface area contributed by atoms with E-state index in [1.807, 2.05) is 0 Å². The average Bonchev–Trinajstić information content (AvgIpc) is 2.74. The molecule has 4 rings (SSSR count). The summed E-state index contributed by atoms with van der Waals surface area (Å²) in [5.41, 5.74) is 2.74. The zero-order valence-corrected chi connectivity index (χ0v) is 9.95. The summed E-state index contributed by atoms with van der Waals surface area (Å²) in [6, 6.07) is 0. The molecule has 92 valence electrons. The van der Waals surface area contributed by atoms with Crippen molar-refractivity contribution in [1.82, 2.24) is 10.4 Å². The van der Waals surface area contributed by atoms with Gasteiger partial charge < -0.3 is 4.74 Å². The summed E-state index contributed by atoms with van der Waals surface area (Å²) in [5.74, 6) is 3.91. The van der Waals surface area contributed by atoms with Gasteiger partial charge in [0, 0.05) is 19.0 Å². The summed E-state index contributed by atoms with van der Waals surface area (Å²) in [6.45, 7) is 3.93. The molecule has 3 fully saturated rings. The highest BCUT2D eigenvalue weighted by atomic mass is 16.7. The molecule has 0 saturated carbocycles. The Hall–Kier alpha value is -1.18. The van der Waals surface area contributed by atoms with Gasteiger partial charge in [0.05, 0.1) is 0 Å². The first-order chi connectivity index (χ1) is 8.32. The van der Waals surface area contributed by atoms with Gasteiger partial charge in [-0.25, -0.2) is 5.48 Å². The molecule has 4 nitrogen and oxygen atoms in total. The third-order valence-electron chi connectivity index (χ3n) is 3.97. The number of nitrogens with zero attached hydrogens (tertiary/aromatic N) is 1. The van der Waals surface area contributed by atoms with Crippen molar-refractivity contribution in [1.29, 1.82) is 0 Å². The van der Waals surface area contributed by atoms with Gasteiger partial charge in [-0.3, -0.25) is 9.74 Å². The van der Waals surface area contributed by atoms with Crippen molar-refractivity contribution in [3.63, 3.8) is 0 Å². The predicted molar refractivity (Wildman–Crippen MR) is 63.6 cm³/mol. The van der Waals surface area contributed by atoms with Crippen LogP contribution in [0.15, 0.2) is 12.0 Å². The minimum absolute atomic E-state index is 0.165. The van der Waals surface area contributed by atoms with Gasteiger partial charge in [0.25, 0.3) is 0 Å². The summed E-state index contributed by atoms with van der Waals surface area (Å²) < 4.78 is 5.54. The first kappa shape index (κ1) is 10.9. The second kappa shape index (κ2) is 4.25. The van der Waals surface area contributed by atoms with Crippen LogP contribution in [0.5, 0.6) is 0 Å². The second-order valence-electron chi connectivity index (χ2n) is 5.02. The monoisotopic (exact) mass is 234 g/mol. The fourth-order valence-electron chi connectivity index (χ4n) is 3.05. The van der Waals surface area contributed by atoms with Crippen molar-refractivity contribution >= 4 is 0 Å². The van der Waals surface area contributed by atoms with E-state index < -0.39 is 0 Å². The molecule has 0 radical (unpaired) electrons. The maximum absolute atomic E-state index is 5.80. The Bertz CT molecular complexity index is 366. The molecular formula is C13H18N2O2. The molecule has 1 spiro atoms. The quantitative estimate of drug-likeness (QED) is 0.580. The number of hydrogen-bond donors (Lipinski definition) is 1. The zero-order valence-electron chi connectivity index (χ0n) is 9.95. The van der Waals surface area contributed by atoms with Crippen molar-refractivity contribution in [3.05, 3.63) is 12.0 Å². The van der Waals surface area contributed by atoms with E-state index in [2.05, 4.69) is 22.4 Å². The number of piperidine rings is 3. The van der Waals surface area contributed by atoms with Gasteiger partial charge in [-0.05, 0) is 31.8 Å². The standard InChI is InChI=1S/C13H18N2O2/c1-2-3-8-16-12-9-13(17-14-12)10-15-6-4-11(13)5-7-15/h1,9,11,14H,3-8,10H2. The number of rotatable bonds is 3. The highest BCUT2D eigenvalue weighted by Crippen LogP contribution is 2.41. The number of hydrogen-bond acceptors (Lipinski definition) is 4. The summed E-state index contributed by atoms with van der Waals surface area (Å²) >= 11 is 0. The van der Waals surface area contributed by atoms with Gasteiger partial charge >= 0.3 is 0 Å². The molecule has 1 N–H and O–H groups in total. The van der Waals surface area contributed by atoms with Crippen LogP contribution < -0.4 is 5.48 Å². The molecule has 1 unspecified atom stereocenters. The fourth-order valence-corrected chi connectivity index (χ4v) is 3.05. The van der Waals surface area contributed by atoms with Crippen LogP contribution in [0, 0.1) is 18.3 Å². The second-order valence-corrected chi connectivity index (χ2v) is 5.02. The average molecular weight is 234 g/mol. The Kier molecular flexibility index (Phi) is 2.73. The molecule has 0 aromatic carbocycles. The van der Waals surface area contributed by atoms with E-state index in [9.17, 15) is 0 Å². The van der Waals surface area contributed by atoms with E-state index in [1.54, 1.807) is 0 Å². The summed E-state index contributed by atoms with van der Waals surface area (Å²) in [6.07, 6.45) is 10.4. The number of fused-ring (bicyclic) bond motifs is 2. The molecule has 17 heavy (non-hydrogen) atoms. The van der Waals surface area contributed by atoms with Crippen molar-refractivity contribution < 1.29 is 9.57 Å². The summed E-state index contributed by atoms with van der Waals surface area (Å²) in [4.78, 5) is 8.26. The molecule has 0 amide bonds. The Morgan fingerprint density at radius 3 is 3.06 bits per heavy atom. The Labute approximate surface area is 102 Å². The third-order valence-corrected chi connectivity index (χ3v) is 3.97. The highest BCUT2D eigenvalue weighted by molar-refractivity contribution is 5.17. The van der Waals surface area contributed by atoms with Crippen LogP contribution in [-0.4, -0.2) is 36.7 Å². The molecule has 4 aliphatic rings. The lowest BCUT2D eigenvalue weighted by Crippen LogP contribution is -2.58. The molecule has 4 heteroatoms. The fraction of sp³-hybridized carbons (Fsp3) is 0.692. The van der Waals surface area contributed by atoms with E-state index in [4.69, 9.17) is 16.0 Å². The van der Waals surface area contributed by atoms with Gasteiger partial charge in [-0.2, -0.15) is 0 Å². The van der Waals surface area contributed by atoms with Gasteiger partial charge in [0.15, 0.2) is 0 Å². The number of ether oxygens (including phenoxy) is 1. The first-order valence-electron chi connectivity index (χ1n) is 6.28. The maximum atomic E-state index is 5.80. The van der Waals surface area contributed by atoms with Crippen LogP contribution in [-0.2, 0) is 9.57 Å². The summed E-state index contributed by atoms with van der Waals surface area (Å²) in [7, 11) is 0. The Balaban J connectivity index is 1.67. The number of hydroxylamine groups is 1. The normalized spacial score (nSPS) is 38.6. The molecule has 3 saturated heterocycles. The predicted octanol–water partition coefficient (Wildman–Crippen LogP) is 0.867. The topological polar surface area (TPSA) is 33.7 Å². The van der Waals surface area contributed by atoms with E-state index in [-0.39, 0.29) is 5.60 Å². The van der Waals surface area contributed by atoms with Crippen LogP contribution in [0.4, 0.5) is 0 Å². The maximum Gasteiger partial charge on any atom is 0.209 e. The third kappa shape index (κ3) is 1.90. The highest BCUT2D eigenvalue weighted by Gasteiger charge is 2.50. The lowest BCUT2D eigenvalue weighted by atomic mass is 9.75. The van der Waals surface area contributed by atoms with E-state index >= 15 is 0 Å². The lowest BCUT2D eigenvalue weighted by Gasteiger charge is -2.48. The molecule has 4 aliphatic heterocycles. The van der Waals surface area contributed by atoms with Gasteiger partial charge in [-0.15, -0.1) is 12.3 Å². The van der Waals surface area contributed by atoms with Crippen molar-refractivity contribution in [2.45, 2.75) is 24.9 Å². The zero-order chi connectivity index (χ0) is 11.7. The number of nitrogens with one attached hydrogen (secondary N) is 1. The van der Waals surface area contributed by atoms with Crippen LogP contribution in [0.25, 0.3) is 0 Å². The van der Waals surface area contributed by atoms with Crippen LogP contribution in [0.3, 0.4) is 0 Å². The summed E-state index contributed by atoms with van der Waals surface area (Å²) in [5, 5.41) is 0. The smallest absolute Gasteiger partial charge is 0.209 e. The minimum Gasteiger partial charge on any atom is -0.477 e. The van der Waals surface area contributed by atoms with Crippen molar-refractivity contribution in [2.75, 3.05) is 26.2 Å². The number of terminal acetylenes is 1. The molecular weight excluding hydrogens is 216 g/mol. The first-order valence-corrected chi connectivity index (χ1v) is 6.28. The molecule has 0 aliphatic carbocycles. The van der Waals surface area contributed by atoms with Gasteiger partial charge in [0.2, 0.25) is 5.88 Å². The molecule has 0 aromatic heterocycles. The molecule has 0 aromatic rings. The lowest BCUT2D eigenvalue weighted by molar-refractivity contribution is -0.143. The molecule has 1 atom stereocenters. The van der Waals surface area contributed by atoms with Crippen LogP contribution >= 0.6 is 0 Å².